The Bertz CT molecular complexity index is 696. The van der Waals surface area contributed by atoms with Crippen LogP contribution in [0.1, 0.15) is 18.5 Å². The van der Waals surface area contributed by atoms with Gasteiger partial charge >= 0.3 is 0 Å². The molecule has 1 atom stereocenters. The van der Waals surface area contributed by atoms with Crippen LogP contribution in [0.3, 0.4) is 0 Å². The van der Waals surface area contributed by atoms with E-state index < -0.39 is 0 Å². The van der Waals surface area contributed by atoms with Crippen LogP contribution in [0.25, 0.3) is 22.4 Å². The molecule has 0 aliphatic rings. The van der Waals surface area contributed by atoms with E-state index in [1.807, 2.05) is 37.3 Å². The summed E-state index contributed by atoms with van der Waals surface area (Å²) in [6.45, 7) is 1.97. The summed E-state index contributed by atoms with van der Waals surface area (Å²) in [5.74, 6) is 1.61. The Morgan fingerprint density at radius 2 is 2.16 bits per heavy atom. The Morgan fingerprint density at radius 3 is 2.79 bits per heavy atom. The average molecular weight is 256 g/mol. The van der Waals surface area contributed by atoms with Gasteiger partial charge in [0.1, 0.15) is 11.5 Å². The molecule has 0 fully saturated rings. The van der Waals surface area contributed by atoms with Gasteiger partial charge in [-0.3, -0.25) is 0 Å². The summed E-state index contributed by atoms with van der Waals surface area (Å²) >= 11 is 0. The molecular formula is C15H16N2O2. The molecule has 4 nitrogen and oxygen atoms in total. The zero-order valence-electron chi connectivity index (χ0n) is 10.9. The quantitative estimate of drug-likeness (QED) is 0.754. The number of hydrogen-bond donors (Lipinski definition) is 2. The standard InChI is InChI=1S/C15H16N2O2/c1-9(16)14-11-8-10(18-2)5-6-12(11)17-15(14)13-4-3-7-19-13/h3-9,17H,16H2,1-2H3. The van der Waals surface area contributed by atoms with Crippen LogP contribution in [0.15, 0.2) is 41.0 Å². The van der Waals surface area contributed by atoms with Gasteiger partial charge in [-0.05, 0) is 37.3 Å². The zero-order chi connectivity index (χ0) is 13.4. The SMILES string of the molecule is COc1ccc2[nH]c(-c3ccco3)c(C(C)N)c2c1. The van der Waals surface area contributed by atoms with Crippen molar-refractivity contribution in [3.05, 3.63) is 42.2 Å². The van der Waals surface area contributed by atoms with Crippen molar-refractivity contribution < 1.29 is 9.15 Å². The lowest BCUT2D eigenvalue weighted by molar-refractivity contribution is 0.415. The fraction of sp³-hybridized carbons (Fsp3) is 0.200. The van der Waals surface area contributed by atoms with Gasteiger partial charge in [0.15, 0.2) is 0 Å². The van der Waals surface area contributed by atoms with Crippen LogP contribution in [0, 0.1) is 0 Å². The van der Waals surface area contributed by atoms with Gasteiger partial charge in [-0.2, -0.15) is 0 Å². The molecule has 3 N–H and O–H groups in total. The van der Waals surface area contributed by atoms with Gasteiger partial charge < -0.3 is 19.9 Å². The number of aromatic nitrogens is 1. The number of furan rings is 1. The Kier molecular flexibility index (Phi) is 2.80. The molecule has 0 saturated heterocycles. The number of ether oxygens (including phenoxy) is 1. The second-order valence-electron chi connectivity index (χ2n) is 4.59. The fourth-order valence-corrected chi connectivity index (χ4v) is 2.41. The Labute approximate surface area is 111 Å². The summed E-state index contributed by atoms with van der Waals surface area (Å²) in [7, 11) is 1.66. The van der Waals surface area contributed by atoms with Crippen LogP contribution in [0.2, 0.25) is 0 Å². The van der Waals surface area contributed by atoms with Crippen LogP contribution in [0.5, 0.6) is 5.75 Å². The summed E-state index contributed by atoms with van der Waals surface area (Å²) < 4.78 is 10.8. The highest BCUT2D eigenvalue weighted by Gasteiger charge is 2.18. The number of rotatable bonds is 3. The number of methoxy groups -OCH3 is 1. The first-order chi connectivity index (χ1) is 9.20. The van der Waals surface area contributed by atoms with Gasteiger partial charge in [-0.15, -0.1) is 0 Å². The molecule has 3 aromatic rings. The van der Waals surface area contributed by atoms with Crippen molar-refractivity contribution in [3.63, 3.8) is 0 Å². The summed E-state index contributed by atoms with van der Waals surface area (Å²) in [6.07, 6.45) is 1.66. The second-order valence-corrected chi connectivity index (χ2v) is 4.59. The summed E-state index contributed by atoms with van der Waals surface area (Å²) in [6, 6.07) is 9.61. The number of hydrogen-bond acceptors (Lipinski definition) is 3. The molecule has 0 amide bonds. The maximum Gasteiger partial charge on any atom is 0.150 e. The van der Waals surface area contributed by atoms with Crippen molar-refractivity contribution in [3.8, 4) is 17.2 Å². The molecule has 0 saturated carbocycles. The molecular weight excluding hydrogens is 240 g/mol. The normalized spacial score (nSPS) is 12.8. The largest absolute Gasteiger partial charge is 0.497 e. The van der Waals surface area contributed by atoms with Gasteiger partial charge in [0.2, 0.25) is 0 Å². The molecule has 2 heterocycles. The lowest BCUT2D eigenvalue weighted by atomic mass is 10.0. The third kappa shape index (κ3) is 1.90. The van der Waals surface area contributed by atoms with Crippen LogP contribution in [0.4, 0.5) is 0 Å². The number of nitrogens with one attached hydrogen (secondary N) is 1. The third-order valence-corrected chi connectivity index (χ3v) is 3.27. The fourth-order valence-electron chi connectivity index (χ4n) is 2.41. The highest BCUT2D eigenvalue weighted by Crippen LogP contribution is 2.35. The minimum Gasteiger partial charge on any atom is -0.497 e. The van der Waals surface area contributed by atoms with Crippen molar-refractivity contribution in [2.75, 3.05) is 7.11 Å². The molecule has 1 aromatic carbocycles. The highest BCUT2D eigenvalue weighted by molar-refractivity contribution is 5.91. The lowest BCUT2D eigenvalue weighted by Gasteiger charge is -2.07. The van der Waals surface area contributed by atoms with E-state index in [4.69, 9.17) is 14.9 Å². The van der Waals surface area contributed by atoms with Crippen LogP contribution in [-0.2, 0) is 0 Å². The average Bonchev–Trinajstić information content (AvgIpc) is 3.04. The first kappa shape index (κ1) is 11.9. The summed E-state index contributed by atoms with van der Waals surface area (Å²) in [4.78, 5) is 3.37. The molecule has 0 bridgehead atoms. The Hall–Kier alpha value is -2.20. The molecule has 98 valence electrons. The number of H-pyrrole nitrogens is 1. The third-order valence-electron chi connectivity index (χ3n) is 3.27. The minimum atomic E-state index is -0.0963. The van der Waals surface area contributed by atoms with Gasteiger partial charge in [0.05, 0.1) is 19.1 Å². The van der Waals surface area contributed by atoms with Crippen molar-refractivity contribution in [2.24, 2.45) is 5.73 Å². The lowest BCUT2D eigenvalue weighted by Crippen LogP contribution is -2.05. The van der Waals surface area contributed by atoms with E-state index in [0.717, 1.165) is 33.7 Å². The molecule has 19 heavy (non-hydrogen) atoms. The molecule has 0 aliphatic carbocycles. The number of benzene rings is 1. The molecule has 3 rings (SSSR count). The summed E-state index contributed by atoms with van der Waals surface area (Å²) in [5.41, 5.74) is 9.13. The predicted molar refractivity (Wildman–Crippen MR) is 75.2 cm³/mol. The van der Waals surface area contributed by atoms with Crippen LogP contribution >= 0.6 is 0 Å². The van der Waals surface area contributed by atoms with E-state index in [1.165, 1.54) is 0 Å². The van der Waals surface area contributed by atoms with E-state index in [2.05, 4.69) is 4.98 Å². The van der Waals surface area contributed by atoms with Crippen molar-refractivity contribution >= 4 is 10.9 Å². The van der Waals surface area contributed by atoms with Gasteiger partial charge in [0.25, 0.3) is 0 Å². The second kappa shape index (κ2) is 4.48. The number of fused-ring (bicyclic) bond motifs is 1. The van der Waals surface area contributed by atoms with E-state index in [1.54, 1.807) is 13.4 Å². The molecule has 0 aliphatic heterocycles. The Morgan fingerprint density at radius 1 is 1.32 bits per heavy atom. The Balaban J connectivity index is 2.30. The van der Waals surface area contributed by atoms with E-state index in [0.29, 0.717) is 0 Å². The first-order valence-corrected chi connectivity index (χ1v) is 6.19. The minimum absolute atomic E-state index is 0.0963. The van der Waals surface area contributed by atoms with E-state index >= 15 is 0 Å². The molecule has 4 heteroatoms. The predicted octanol–water partition coefficient (Wildman–Crippen LogP) is 3.46. The van der Waals surface area contributed by atoms with Crippen molar-refractivity contribution in [1.29, 1.82) is 0 Å². The monoisotopic (exact) mass is 256 g/mol. The number of nitrogens with two attached hydrogens (primary N) is 1. The van der Waals surface area contributed by atoms with E-state index in [9.17, 15) is 0 Å². The van der Waals surface area contributed by atoms with Gasteiger partial charge in [0, 0.05) is 22.5 Å². The highest BCUT2D eigenvalue weighted by atomic mass is 16.5. The maximum atomic E-state index is 6.12. The molecule has 2 aromatic heterocycles. The summed E-state index contributed by atoms with van der Waals surface area (Å²) in [5, 5.41) is 1.07. The van der Waals surface area contributed by atoms with Crippen LogP contribution in [-0.4, -0.2) is 12.1 Å². The maximum absolute atomic E-state index is 6.12. The van der Waals surface area contributed by atoms with Crippen molar-refractivity contribution in [1.82, 2.24) is 4.98 Å². The smallest absolute Gasteiger partial charge is 0.150 e. The topological polar surface area (TPSA) is 64.2 Å². The molecule has 0 spiro atoms. The van der Waals surface area contributed by atoms with Crippen molar-refractivity contribution in [2.45, 2.75) is 13.0 Å². The van der Waals surface area contributed by atoms with Gasteiger partial charge in [-0.1, -0.05) is 0 Å². The first-order valence-electron chi connectivity index (χ1n) is 6.19. The van der Waals surface area contributed by atoms with Crippen LogP contribution < -0.4 is 10.5 Å². The zero-order valence-corrected chi connectivity index (χ0v) is 10.9. The molecule has 1 unspecified atom stereocenters. The van der Waals surface area contributed by atoms with Gasteiger partial charge in [-0.25, -0.2) is 0 Å². The van der Waals surface area contributed by atoms with E-state index in [-0.39, 0.29) is 6.04 Å². The number of aromatic amines is 1. The molecule has 0 radical (unpaired) electrons.